The lowest BCUT2D eigenvalue weighted by Gasteiger charge is -2.33. The SMILES string of the molecule is C[C@H]1CN(C(=O)c2nnc3ccccc3n2)c2cccc(Cl)c2O1. The van der Waals surface area contributed by atoms with E-state index in [-0.39, 0.29) is 17.8 Å². The van der Waals surface area contributed by atoms with Crippen molar-refractivity contribution in [1.82, 2.24) is 15.2 Å². The maximum absolute atomic E-state index is 12.9. The van der Waals surface area contributed by atoms with Crippen LogP contribution in [0.5, 0.6) is 5.75 Å². The van der Waals surface area contributed by atoms with E-state index in [1.54, 1.807) is 35.2 Å². The van der Waals surface area contributed by atoms with Gasteiger partial charge in [-0.05, 0) is 31.2 Å². The van der Waals surface area contributed by atoms with E-state index in [2.05, 4.69) is 15.2 Å². The molecule has 7 heteroatoms. The number of benzene rings is 2. The molecular weight excluding hydrogens is 328 g/mol. The summed E-state index contributed by atoms with van der Waals surface area (Å²) in [6.45, 7) is 2.27. The van der Waals surface area contributed by atoms with Gasteiger partial charge >= 0.3 is 0 Å². The number of aromatic nitrogens is 3. The number of ether oxygens (including phenoxy) is 1. The number of para-hydroxylation sites is 2. The van der Waals surface area contributed by atoms with Gasteiger partial charge in [0.1, 0.15) is 11.6 Å². The number of halogens is 1. The Morgan fingerprint density at radius 2 is 1.96 bits per heavy atom. The lowest BCUT2D eigenvalue weighted by Crippen LogP contribution is -2.43. The highest BCUT2D eigenvalue weighted by molar-refractivity contribution is 6.32. The molecule has 0 radical (unpaired) electrons. The third-order valence-electron chi connectivity index (χ3n) is 3.79. The van der Waals surface area contributed by atoms with Gasteiger partial charge in [0.2, 0.25) is 5.82 Å². The zero-order valence-corrected chi connectivity index (χ0v) is 13.6. The molecule has 0 aliphatic carbocycles. The van der Waals surface area contributed by atoms with Gasteiger partial charge in [-0.15, -0.1) is 10.2 Å². The van der Waals surface area contributed by atoms with Gasteiger partial charge in [0.25, 0.3) is 5.91 Å². The topological polar surface area (TPSA) is 68.2 Å². The highest BCUT2D eigenvalue weighted by Gasteiger charge is 2.31. The number of carbonyl (C=O) groups is 1. The molecule has 0 N–H and O–H groups in total. The molecule has 1 amide bonds. The van der Waals surface area contributed by atoms with E-state index in [0.717, 1.165) is 0 Å². The number of hydrogen-bond donors (Lipinski definition) is 0. The lowest BCUT2D eigenvalue weighted by molar-refractivity contribution is 0.0950. The molecule has 24 heavy (non-hydrogen) atoms. The molecule has 0 bridgehead atoms. The quantitative estimate of drug-likeness (QED) is 0.681. The highest BCUT2D eigenvalue weighted by atomic mass is 35.5. The lowest BCUT2D eigenvalue weighted by atomic mass is 10.2. The first kappa shape index (κ1) is 14.8. The van der Waals surface area contributed by atoms with Crippen molar-refractivity contribution in [3.05, 3.63) is 53.3 Å². The minimum absolute atomic E-state index is 0.0497. The Bertz CT molecular complexity index is 947. The van der Waals surface area contributed by atoms with E-state index in [1.807, 2.05) is 19.1 Å². The van der Waals surface area contributed by atoms with E-state index in [1.165, 1.54) is 0 Å². The second kappa shape index (κ2) is 5.72. The molecule has 3 aromatic rings. The van der Waals surface area contributed by atoms with Crippen molar-refractivity contribution >= 4 is 34.2 Å². The number of carbonyl (C=O) groups excluding carboxylic acids is 1. The summed E-state index contributed by atoms with van der Waals surface area (Å²) in [6.07, 6.45) is -0.185. The van der Waals surface area contributed by atoms with Crippen LogP contribution in [0.25, 0.3) is 11.0 Å². The fourth-order valence-electron chi connectivity index (χ4n) is 2.71. The standard InChI is InChI=1S/C17H13ClN4O2/c1-10-9-22(14-8-4-5-11(18)15(14)24-10)17(23)16-19-12-6-2-3-7-13(12)20-21-16/h2-8,10H,9H2,1H3/t10-/m0/s1. The van der Waals surface area contributed by atoms with Crippen molar-refractivity contribution in [3.8, 4) is 5.75 Å². The van der Waals surface area contributed by atoms with Crippen LogP contribution in [-0.2, 0) is 0 Å². The molecule has 4 rings (SSSR count). The molecule has 120 valence electrons. The minimum Gasteiger partial charge on any atom is -0.485 e. The molecule has 0 fully saturated rings. The van der Waals surface area contributed by atoms with Crippen LogP contribution >= 0.6 is 11.6 Å². The molecule has 0 unspecified atom stereocenters. The average molecular weight is 341 g/mol. The smallest absolute Gasteiger partial charge is 0.298 e. The number of nitrogens with zero attached hydrogens (tertiary/aromatic N) is 4. The highest BCUT2D eigenvalue weighted by Crippen LogP contribution is 2.39. The van der Waals surface area contributed by atoms with Gasteiger partial charge in [0, 0.05) is 0 Å². The third-order valence-corrected chi connectivity index (χ3v) is 4.09. The van der Waals surface area contributed by atoms with Crippen molar-refractivity contribution in [2.45, 2.75) is 13.0 Å². The molecule has 2 heterocycles. The molecule has 0 saturated heterocycles. The second-order valence-electron chi connectivity index (χ2n) is 5.56. The van der Waals surface area contributed by atoms with Crippen molar-refractivity contribution in [2.75, 3.05) is 11.4 Å². The summed E-state index contributed by atoms with van der Waals surface area (Å²) in [7, 11) is 0. The summed E-state index contributed by atoms with van der Waals surface area (Å²) in [6, 6.07) is 12.6. The van der Waals surface area contributed by atoms with Crippen molar-refractivity contribution in [2.24, 2.45) is 0 Å². The Balaban J connectivity index is 1.77. The van der Waals surface area contributed by atoms with Crippen LogP contribution in [0.4, 0.5) is 5.69 Å². The molecule has 1 aliphatic rings. The maximum Gasteiger partial charge on any atom is 0.298 e. The Kier molecular flexibility index (Phi) is 3.54. The normalized spacial score (nSPS) is 16.6. The van der Waals surface area contributed by atoms with E-state index in [4.69, 9.17) is 16.3 Å². The average Bonchev–Trinajstić information content (AvgIpc) is 2.61. The number of hydrogen-bond acceptors (Lipinski definition) is 5. The van der Waals surface area contributed by atoms with E-state index < -0.39 is 0 Å². The molecule has 0 spiro atoms. The van der Waals surface area contributed by atoms with Crippen molar-refractivity contribution in [1.29, 1.82) is 0 Å². The first-order chi connectivity index (χ1) is 11.6. The molecule has 6 nitrogen and oxygen atoms in total. The van der Waals surface area contributed by atoms with Crippen LogP contribution < -0.4 is 9.64 Å². The number of fused-ring (bicyclic) bond motifs is 2. The summed E-state index contributed by atoms with van der Waals surface area (Å²) >= 11 is 6.20. The maximum atomic E-state index is 12.9. The predicted molar refractivity (Wildman–Crippen MR) is 90.6 cm³/mol. The van der Waals surface area contributed by atoms with Gasteiger partial charge in [0.05, 0.1) is 22.8 Å². The van der Waals surface area contributed by atoms with Crippen LogP contribution in [0.1, 0.15) is 17.5 Å². The van der Waals surface area contributed by atoms with Gasteiger partial charge in [-0.25, -0.2) is 4.98 Å². The zero-order chi connectivity index (χ0) is 16.7. The fourth-order valence-corrected chi connectivity index (χ4v) is 2.92. The molecule has 1 atom stereocenters. The molecule has 2 aromatic carbocycles. The second-order valence-corrected chi connectivity index (χ2v) is 5.96. The first-order valence-electron chi connectivity index (χ1n) is 7.50. The largest absolute Gasteiger partial charge is 0.485 e. The van der Waals surface area contributed by atoms with Gasteiger partial charge < -0.3 is 4.74 Å². The van der Waals surface area contributed by atoms with Crippen molar-refractivity contribution < 1.29 is 9.53 Å². The fraction of sp³-hybridized carbons (Fsp3) is 0.176. The van der Waals surface area contributed by atoms with Gasteiger partial charge in [-0.3, -0.25) is 9.69 Å². The summed E-state index contributed by atoms with van der Waals surface area (Å²) in [5, 5.41) is 8.52. The zero-order valence-electron chi connectivity index (χ0n) is 12.8. The number of amides is 1. The molecular formula is C17H13ClN4O2. The Labute approximate surface area is 143 Å². The molecule has 0 saturated carbocycles. The van der Waals surface area contributed by atoms with Gasteiger partial charge in [-0.1, -0.05) is 29.8 Å². The Morgan fingerprint density at radius 1 is 1.17 bits per heavy atom. The number of rotatable bonds is 1. The van der Waals surface area contributed by atoms with E-state index in [9.17, 15) is 4.79 Å². The van der Waals surface area contributed by atoms with Crippen LogP contribution in [0.2, 0.25) is 5.02 Å². The summed E-state index contributed by atoms with van der Waals surface area (Å²) in [4.78, 5) is 18.8. The van der Waals surface area contributed by atoms with Crippen LogP contribution in [0, 0.1) is 0 Å². The minimum atomic E-state index is -0.327. The Hall–Kier alpha value is -2.73. The van der Waals surface area contributed by atoms with E-state index >= 15 is 0 Å². The Morgan fingerprint density at radius 3 is 2.79 bits per heavy atom. The predicted octanol–water partition coefficient (Wildman–Crippen LogP) is 3.11. The van der Waals surface area contributed by atoms with Gasteiger partial charge in [0.15, 0.2) is 5.75 Å². The number of anilines is 1. The first-order valence-corrected chi connectivity index (χ1v) is 7.88. The van der Waals surface area contributed by atoms with Crippen LogP contribution in [0.3, 0.4) is 0 Å². The van der Waals surface area contributed by atoms with Gasteiger partial charge in [-0.2, -0.15) is 0 Å². The van der Waals surface area contributed by atoms with Crippen LogP contribution in [-0.4, -0.2) is 33.7 Å². The molecule has 1 aromatic heterocycles. The van der Waals surface area contributed by atoms with Crippen molar-refractivity contribution in [3.63, 3.8) is 0 Å². The van der Waals surface area contributed by atoms with Crippen LogP contribution in [0.15, 0.2) is 42.5 Å². The summed E-state index contributed by atoms with van der Waals surface area (Å²) < 4.78 is 5.77. The van der Waals surface area contributed by atoms with E-state index in [0.29, 0.717) is 34.0 Å². The third kappa shape index (κ3) is 2.45. The summed E-state index contributed by atoms with van der Waals surface area (Å²) in [5.74, 6) is 0.223. The monoisotopic (exact) mass is 340 g/mol. The molecule has 1 aliphatic heterocycles. The summed E-state index contributed by atoms with van der Waals surface area (Å²) in [5.41, 5.74) is 1.89.